The van der Waals surface area contributed by atoms with E-state index < -0.39 is 0 Å². The maximum atomic E-state index is 12.7. The fraction of sp³-hybridized carbons (Fsp3) is 0.609. The van der Waals surface area contributed by atoms with Crippen molar-refractivity contribution in [3.8, 4) is 0 Å². The topological polar surface area (TPSA) is 77.0 Å². The monoisotopic (exact) mass is 441 g/mol. The molecule has 1 saturated carbocycles. The summed E-state index contributed by atoms with van der Waals surface area (Å²) in [7, 11) is 1.77. The lowest BCUT2D eigenvalue weighted by Gasteiger charge is -2.27. The first-order chi connectivity index (χ1) is 15.2. The van der Waals surface area contributed by atoms with E-state index in [1.165, 1.54) is 15.3 Å². The number of likely N-dealkylation sites (tertiary alicyclic amines) is 1. The largest absolute Gasteiger partial charge is 0.356 e. The number of thiophene rings is 1. The molecule has 4 atom stereocenters. The SMILES string of the molecule is CN=C(NCCCN1C(=O)C2C3C=CC(C3)C2C1=O)NCCN1CCc2sccc2C1. The zero-order valence-electron chi connectivity index (χ0n) is 18.0. The molecular weight excluding hydrogens is 410 g/mol. The van der Waals surface area contributed by atoms with E-state index in [1.807, 2.05) is 11.3 Å². The Morgan fingerprint density at radius 3 is 2.61 bits per heavy atom. The van der Waals surface area contributed by atoms with Crippen LogP contribution in [0.25, 0.3) is 0 Å². The number of aliphatic imine (C=N–C) groups is 1. The molecule has 1 aromatic rings. The number of hydrogen-bond donors (Lipinski definition) is 2. The van der Waals surface area contributed by atoms with Gasteiger partial charge in [-0.25, -0.2) is 0 Å². The molecular formula is C23H31N5O2S. The van der Waals surface area contributed by atoms with E-state index in [1.54, 1.807) is 7.05 Å². The molecule has 2 bridgehead atoms. The molecule has 2 amide bonds. The Kier molecular flexibility index (Phi) is 5.84. The molecule has 8 heteroatoms. The van der Waals surface area contributed by atoms with Crippen molar-refractivity contribution >= 4 is 29.1 Å². The van der Waals surface area contributed by atoms with Crippen LogP contribution in [-0.4, -0.2) is 67.3 Å². The minimum atomic E-state index is -0.0927. The Labute approximate surface area is 187 Å². The normalized spacial score (nSPS) is 29.6. The van der Waals surface area contributed by atoms with Crippen LogP contribution in [0.5, 0.6) is 0 Å². The summed E-state index contributed by atoms with van der Waals surface area (Å²) in [5, 5.41) is 8.88. The molecule has 4 aliphatic rings. The van der Waals surface area contributed by atoms with E-state index >= 15 is 0 Å². The molecule has 1 aromatic heterocycles. The van der Waals surface area contributed by atoms with Gasteiger partial charge in [-0.05, 0) is 48.1 Å². The Morgan fingerprint density at radius 1 is 1.13 bits per heavy atom. The zero-order chi connectivity index (χ0) is 21.4. The average molecular weight is 442 g/mol. The third kappa shape index (κ3) is 3.91. The van der Waals surface area contributed by atoms with Crippen molar-refractivity contribution < 1.29 is 9.59 Å². The van der Waals surface area contributed by atoms with Crippen LogP contribution >= 0.6 is 11.3 Å². The van der Waals surface area contributed by atoms with Gasteiger partial charge >= 0.3 is 0 Å². The predicted octanol–water partition coefficient (Wildman–Crippen LogP) is 1.47. The van der Waals surface area contributed by atoms with E-state index in [0.717, 1.165) is 51.4 Å². The van der Waals surface area contributed by atoms with Gasteiger partial charge in [-0.1, -0.05) is 12.2 Å². The summed E-state index contributed by atoms with van der Waals surface area (Å²) in [5.74, 6) is 1.24. The quantitative estimate of drug-likeness (QED) is 0.220. The second kappa shape index (κ2) is 8.74. The van der Waals surface area contributed by atoms with Crippen LogP contribution in [0.15, 0.2) is 28.6 Å². The van der Waals surface area contributed by atoms with Gasteiger partial charge in [-0.2, -0.15) is 0 Å². The summed E-state index contributed by atoms with van der Waals surface area (Å²) in [6.45, 7) is 5.12. The Hall–Kier alpha value is -2.19. The van der Waals surface area contributed by atoms with Gasteiger partial charge in [0.25, 0.3) is 0 Å². The second-order valence-corrected chi connectivity index (χ2v) is 10.0. The molecule has 0 radical (unpaired) electrons. The molecule has 2 N–H and O–H groups in total. The molecule has 0 spiro atoms. The lowest BCUT2D eigenvalue weighted by atomic mass is 9.85. The molecule has 31 heavy (non-hydrogen) atoms. The van der Waals surface area contributed by atoms with Gasteiger partial charge in [0.2, 0.25) is 11.8 Å². The molecule has 3 heterocycles. The van der Waals surface area contributed by atoms with E-state index in [4.69, 9.17) is 0 Å². The Bertz CT molecular complexity index is 880. The molecule has 5 rings (SSSR count). The molecule has 7 nitrogen and oxygen atoms in total. The van der Waals surface area contributed by atoms with E-state index in [0.29, 0.717) is 13.1 Å². The summed E-state index contributed by atoms with van der Waals surface area (Å²) in [6, 6.07) is 2.24. The fourth-order valence-corrected chi connectivity index (χ4v) is 6.57. The minimum Gasteiger partial charge on any atom is -0.356 e. The third-order valence-electron chi connectivity index (χ3n) is 7.24. The van der Waals surface area contributed by atoms with Crippen LogP contribution in [0, 0.1) is 23.7 Å². The van der Waals surface area contributed by atoms with Crippen LogP contribution in [0.4, 0.5) is 0 Å². The molecule has 4 unspecified atom stereocenters. The molecule has 2 aliphatic heterocycles. The maximum Gasteiger partial charge on any atom is 0.233 e. The summed E-state index contributed by atoms with van der Waals surface area (Å²) in [4.78, 5) is 35.3. The van der Waals surface area contributed by atoms with Crippen molar-refractivity contribution in [1.29, 1.82) is 0 Å². The van der Waals surface area contributed by atoms with Gasteiger partial charge in [0.15, 0.2) is 5.96 Å². The summed E-state index contributed by atoms with van der Waals surface area (Å²) in [6.07, 6.45) is 7.14. The van der Waals surface area contributed by atoms with Gasteiger partial charge in [0.1, 0.15) is 0 Å². The lowest BCUT2D eigenvalue weighted by Crippen LogP contribution is -2.43. The second-order valence-electron chi connectivity index (χ2n) is 9.00. The minimum absolute atomic E-state index is 0.0460. The van der Waals surface area contributed by atoms with Crippen LogP contribution < -0.4 is 10.6 Å². The number of amides is 2. The van der Waals surface area contributed by atoms with E-state index in [9.17, 15) is 9.59 Å². The van der Waals surface area contributed by atoms with Gasteiger partial charge in [-0.15, -0.1) is 11.3 Å². The highest BCUT2D eigenvalue weighted by atomic mass is 32.1. The third-order valence-corrected chi connectivity index (χ3v) is 8.27. The highest BCUT2D eigenvalue weighted by Crippen LogP contribution is 2.52. The smallest absolute Gasteiger partial charge is 0.233 e. The number of hydrogen-bond acceptors (Lipinski definition) is 5. The van der Waals surface area contributed by atoms with E-state index in [2.05, 4.69) is 44.1 Å². The standard InChI is InChI=1S/C23H31N5O2S/c1-24-23(26-8-11-27-10-5-18-17(14-27)6-12-31-18)25-7-2-9-28-21(29)19-15-3-4-16(13-15)20(19)22(28)30/h3-4,6,12,15-16,19-20H,2,5,7-11,13-14H2,1H3,(H2,24,25,26). The van der Waals surface area contributed by atoms with Gasteiger partial charge in [0.05, 0.1) is 11.8 Å². The number of allylic oxidation sites excluding steroid dienone is 2. The van der Waals surface area contributed by atoms with Gasteiger partial charge in [0, 0.05) is 51.2 Å². The molecule has 0 aromatic carbocycles. The summed E-state index contributed by atoms with van der Waals surface area (Å²) >= 11 is 1.87. The summed E-state index contributed by atoms with van der Waals surface area (Å²) < 4.78 is 0. The van der Waals surface area contributed by atoms with Gasteiger partial charge in [-0.3, -0.25) is 24.4 Å². The number of guanidine groups is 1. The number of carbonyl (C=O) groups excluding carboxylic acids is 2. The number of carbonyl (C=O) groups is 2. The number of rotatable bonds is 7. The van der Waals surface area contributed by atoms with Gasteiger partial charge < -0.3 is 10.6 Å². The van der Waals surface area contributed by atoms with Crippen molar-refractivity contribution in [1.82, 2.24) is 20.4 Å². The van der Waals surface area contributed by atoms with Crippen molar-refractivity contribution in [2.45, 2.75) is 25.8 Å². The lowest BCUT2D eigenvalue weighted by molar-refractivity contribution is -0.140. The van der Waals surface area contributed by atoms with Crippen molar-refractivity contribution in [3.63, 3.8) is 0 Å². The number of nitrogens with one attached hydrogen (secondary N) is 2. The number of nitrogens with zero attached hydrogens (tertiary/aromatic N) is 3. The first-order valence-corrected chi connectivity index (χ1v) is 12.3. The van der Waals surface area contributed by atoms with E-state index in [-0.39, 0.29) is 35.5 Å². The Morgan fingerprint density at radius 2 is 1.87 bits per heavy atom. The Balaban J connectivity index is 1.01. The molecule has 1 saturated heterocycles. The first-order valence-electron chi connectivity index (χ1n) is 11.4. The van der Waals surface area contributed by atoms with Crippen molar-refractivity contribution in [2.24, 2.45) is 28.7 Å². The van der Waals surface area contributed by atoms with Crippen molar-refractivity contribution in [3.05, 3.63) is 34.0 Å². The highest BCUT2D eigenvalue weighted by Gasteiger charge is 2.58. The highest BCUT2D eigenvalue weighted by molar-refractivity contribution is 7.10. The molecule has 2 aliphatic carbocycles. The van der Waals surface area contributed by atoms with Crippen LogP contribution in [0.1, 0.15) is 23.3 Å². The van der Waals surface area contributed by atoms with Crippen LogP contribution in [0.2, 0.25) is 0 Å². The fourth-order valence-electron chi connectivity index (χ4n) is 5.68. The van der Waals surface area contributed by atoms with Crippen LogP contribution in [0.3, 0.4) is 0 Å². The summed E-state index contributed by atoms with van der Waals surface area (Å²) in [5.41, 5.74) is 1.47. The molecule has 166 valence electrons. The maximum absolute atomic E-state index is 12.7. The van der Waals surface area contributed by atoms with Crippen LogP contribution in [-0.2, 0) is 22.6 Å². The number of imide groups is 1. The van der Waals surface area contributed by atoms with Crippen molar-refractivity contribution in [2.75, 3.05) is 39.8 Å². The molecule has 2 fully saturated rings. The zero-order valence-corrected chi connectivity index (χ0v) is 18.9. The average Bonchev–Trinajstić information content (AvgIpc) is 3.55. The first kappa shape index (κ1) is 20.7. The number of fused-ring (bicyclic) bond motifs is 6. The predicted molar refractivity (Wildman–Crippen MR) is 122 cm³/mol.